The van der Waals surface area contributed by atoms with Crippen LogP contribution in [-0.2, 0) is 4.79 Å². The number of rotatable bonds is 4. The van der Waals surface area contributed by atoms with Crippen LogP contribution in [0.2, 0.25) is 0 Å². The Morgan fingerprint density at radius 3 is 1.89 bits per heavy atom. The Morgan fingerprint density at radius 2 is 1.58 bits per heavy atom. The molecule has 3 nitrogen and oxygen atoms in total. The van der Waals surface area contributed by atoms with Crippen molar-refractivity contribution in [3.63, 3.8) is 0 Å². The maximum atomic E-state index is 12.1. The zero-order valence-corrected chi connectivity index (χ0v) is 12.4. The molecular weight excluding hydrogens is 238 g/mol. The second-order valence-corrected chi connectivity index (χ2v) is 7.43. The Kier molecular flexibility index (Phi) is 3.16. The molecule has 1 atom stereocenters. The monoisotopic (exact) mass is 265 g/mol. The van der Waals surface area contributed by atoms with E-state index in [0.717, 1.165) is 18.3 Å². The molecule has 19 heavy (non-hydrogen) atoms. The Balaban J connectivity index is 1.97. The maximum absolute atomic E-state index is 12.1. The second-order valence-electron chi connectivity index (χ2n) is 7.43. The summed E-state index contributed by atoms with van der Waals surface area (Å²) in [6, 6.07) is 0. The van der Waals surface area contributed by atoms with E-state index in [-0.39, 0.29) is 0 Å². The highest BCUT2D eigenvalue weighted by molar-refractivity contribution is 5.79. The lowest BCUT2D eigenvalue weighted by molar-refractivity contribution is -0.169. The van der Waals surface area contributed by atoms with E-state index in [2.05, 4.69) is 6.92 Å². The van der Waals surface area contributed by atoms with Crippen molar-refractivity contribution in [1.29, 1.82) is 0 Å². The number of carboxylic acids is 1. The zero-order chi connectivity index (χ0) is 13.8. The number of nitrogens with zero attached hydrogens (tertiary/aromatic N) is 1. The predicted octanol–water partition coefficient (Wildman–Crippen LogP) is 2.85. The first kappa shape index (κ1) is 13.4. The summed E-state index contributed by atoms with van der Waals surface area (Å²) in [6.07, 6.45) is 7.32. The highest BCUT2D eigenvalue weighted by Crippen LogP contribution is 2.60. The van der Waals surface area contributed by atoms with Gasteiger partial charge in [0.1, 0.15) is 5.54 Å². The lowest BCUT2D eigenvalue weighted by Gasteiger charge is -2.60. The highest BCUT2D eigenvalue weighted by Gasteiger charge is 2.58. The van der Waals surface area contributed by atoms with Crippen LogP contribution in [0.15, 0.2) is 0 Å². The van der Waals surface area contributed by atoms with Gasteiger partial charge in [0.25, 0.3) is 0 Å². The fraction of sp³-hybridized carbons (Fsp3) is 0.938. The average molecular weight is 265 g/mol. The zero-order valence-electron chi connectivity index (χ0n) is 12.4. The topological polar surface area (TPSA) is 40.5 Å². The van der Waals surface area contributed by atoms with Gasteiger partial charge in [0.2, 0.25) is 0 Å². The summed E-state index contributed by atoms with van der Waals surface area (Å²) < 4.78 is 0. The number of hydrogen-bond acceptors (Lipinski definition) is 2. The highest BCUT2D eigenvalue weighted by atomic mass is 16.4. The van der Waals surface area contributed by atoms with E-state index in [1.165, 1.54) is 32.1 Å². The van der Waals surface area contributed by atoms with Crippen LogP contribution in [0.5, 0.6) is 0 Å². The van der Waals surface area contributed by atoms with Gasteiger partial charge < -0.3 is 5.11 Å². The minimum Gasteiger partial charge on any atom is -0.480 e. The Hall–Kier alpha value is -0.570. The van der Waals surface area contributed by atoms with Crippen molar-refractivity contribution in [3.8, 4) is 0 Å². The van der Waals surface area contributed by atoms with Crippen molar-refractivity contribution in [2.24, 2.45) is 29.6 Å². The van der Waals surface area contributed by atoms with Crippen molar-refractivity contribution in [2.45, 2.75) is 51.0 Å². The molecule has 0 radical (unpaired) electrons. The van der Waals surface area contributed by atoms with Gasteiger partial charge in [-0.2, -0.15) is 0 Å². The van der Waals surface area contributed by atoms with Crippen LogP contribution in [-0.4, -0.2) is 35.6 Å². The molecule has 4 saturated carbocycles. The Labute approximate surface area is 116 Å². The molecule has 4 rings (SSSR count). The van der Waals surface area contributed by atoms with Gasteiger partial charge in [-0.3, -0.25) is 9.69 Å². The first-order chi connectivity index (χ1) is 8.99. The van der Waals surface area contributed by atoms with E-state index in [1.807, 2.05) is 19.0 Å². The fourth-order valence-electron chi connectivity index (χ4n) is 6.04. The second kappa shape index (κ2) is 4.47. The molecule has 4 fully saturated rings. The summed E-state index contributed by atoms with van der Waals surface area (Å²) >= 11 is 0. The normalized spacial score (nSPS) is 43.5. The lowest BCUT2D eigenvalue weighted by Crippen LogP contribution is -2.64. The molecule has 0 amide bonds. The van der Waals surface area contributed by atoms with E-state index in [9.17, 15) is 9.90 Å². The molecule has 4 bridgehead atoms. The number of hydrogen-bond donors (Lipinski definition) is 1. The number of carboxylic acid groups (broad SMARTS) is 1. The van der Waals surface area contributed by atoms with Crippen LogP contribution in [0, 0.1) is 29.6 Å². The minimum absolute atomic E-state index is 0.373. The summed E-state index contributed by atoms with van der Waals surface area (Å²) in [5, 5.41) is 9.94. The van der Waals surface area contributed by atoms with Crippen LogP contribution < -0.4 is 0 Å². The van der Waals surface area contributed by atoms with E-state index in [4.69, 9.17) is 0 Å². The van der Waals surface area contributed by atoms with Gasteiger partial charge in [0.05, 0.1) is 0 Å². The molecular formula is C16H27NO2. The smallest absolute Gasteiger partial charge is 0.324 e. The molecule has 1 unspecified atom stereocenters. The average Bonchev–Trinajstić information content (AvgIpc) is 2.31. The van der Waals surface area contributed by atoms with Crippen LogP contribution in [0.4, 0.5) is 0 Å². The summed E-state index contributed by atoms with van der Waals surface area (Å²) in [5.41, 5.74) is -0.636. The van der Waals surface area contributed by atoms with Crippen molar-refractivity contribution >= 4 is 5.97 Å². The van der Waals surface area contributed by atoms with Gasteiger partial charge in [-0.1, -0.05) is 6.92 Å². The largest absolute Gasteiger partial charge is 0.480 e. The van der Waals surface area contributed by atoms with E-state index in [1.54, 1.807) is 0 Å². The number of likely N-dealkylation sites (N-methyl/N-ethyl adjacent to an activating group) is 1. The molecule has 4 aliphatic rings. The van der Waals surface area contributed by atoms with Gasteiger partial charge in [0, 0.05) is 0 Å². The van der Waals surface area contributed by atoms with Crippen molar-refractivity contribution in [1.82, 2.24) is 4.90 Å². The maximum Gasteiger partial charge on any atom is 0.324 e. The summed E-state index contributed by atoms with van der Waals surface area (Å²) in [4.78, 5) is 14.1. The van der Waals surface area contributed by atoms with Gasteiger partial charge in [-0.15, -0.1) is 0 Å². The summed E-state index contributed by atoms with van der Waals surface area (Å²) in [7, 11) is 3.92. The quantitative estimate of drug-likeness (QED) is 0.849. The summed E-state index contributed by atoms with van der Waals surface area (Å²) in [5.74, 6) is 2.91. The first-order valence-corrected chi connectivity index (χ1v) is 7.89. The molecule has 0 aromatic heterocycles. The molecule has 0 aliphatic heterocycles. The van der Waals surface area contributed by atoms with Gasteiger partial charge in [0.15, 0.2) is 0 Å². The van der Waals surface area contributed by atoms with Crippen LogP contribution in [0.25, 0.3) is 0 Å². The van der Waals surface area contributed by atoms with Crippen molar-refractivity contribution in [3.05, 3.63) is 0 Å². The molecule has 0 spiro atoms. The van der Waals surface area contributed by atoms with E-state index in [0.29, 0.717) is 17.8 Å². The Morgan fingerprint density at radius 1 is 1.11 bits per heavy atom. The molecule has 4 aliphatic carbocycles. The minimum atomic E-state index is -0.636. The molecule has 1 N–H and O–H groups in total. The third-order valence-corrected chi connectivity index (χ3v) is 6.49. The van der Waals surface area contributed by atoms with E-state index < -0.39 is 11.5 Å². The lowest BCUT2D eigenvalue weighted by atomic mass is 9.47. The van der Waals surface area contributed by atoms with Gasteiger partial charge in [-0.05, 0) is 82.2 Å². The SMILES string of the molecule is CCC(C(=O)O)(C1C2CC3CC(C2)CC1C3)N(C)C. The number of aliphatic carboxylic acids is 1. The van der Waals surface area contributed by atoms with Crippen molar-refractivity contribution in [2.75, 3.05) is 14.1 Å². The molecule has 0 aromatic carbocycles. The van der Waals surface area contributed by atoms with Crippen LogP contribution >= 0.6 is 0 Å². The molecule has 0 aromatic rings. The van der Waals surface area contributed by atoms with Gasteiger partial charge >= 0.3 is 5.97 Å². The van der Waals surface area contributed by atoms with E-state index >= 15 is 0 Å². The fourth-order valence-corrected chi connectivity index (χ4v) is 6.04. The Bertz CT molecular complexity index is 351. The number of carbonyl (C=O) groups is 1. The standard InChI is InChI=1S/C16H27NO2/c1-4-16(15(18)19,17(2)3)14-12-6-10-5-11(8-12)9-13(14)7-10/h10-14H,4-9H2,1-3H3,(H,18,19). The predicted molar refractivity (Wildman–Crippen MR) is 74.9 cm³/mol. The van der Waals surface area contributed by atoms with Crippen molar-refractivity contribution < 1.29 is 9.90 Å². The molecule has 0 saturated heterocycles. The summed E-state index contributed by atoms with van der Waals surface area (Å²) in [6.45, 7) is 2.05. The van der Waals surface area contributed by atoms with Crippen LogP contribution in [0.1, 0.15) is 45.4 Å². The molecule has 108 valence electrons. The van der Waals surface area contributed by atoms with Gasteiger partial charge in [-0.25, -0.2) is 0 Å². The third-order valence-electron chi connectivity index (χ3n) is 6.49. The molecule has 0 heterocycles. The third kappa shape index (κ3) is 1.77. The first-order valence-electron chi connectivity index (χ1n) is 7.89. The van der Waals surface area contributed by atoms with Crippen LogP contribution in [0.3, 0.4) is 0 Å². The molecule has 3 heteroatoms.